The zero-order valence-electron chi connectivity index (χ0n) is 11.8. The Bertz CT molecular complexity index is 834. The molecule has 1 aliphatic rings. The van der Waals surface area contributed by atoms with E-state index in [1.807, 2.05) is 0 Å². The quantitative estimate of drug-likeness (QED) is 0.728. The van der Waals surface area contributed by atoms with Gasteiger partial charge in [0.25, 0.3) is 5.91 Å². The van der Waals surface area contributed by atoms with E-state index in [1.165, 1.54) is 9.58 Å². The molecular formula is C13H13N5O3S. The monoisotopic (exact) mass is 319 g/mol. The van der Waals surface area contributed by atoms with E-state index in [9.17, 15) is 15.0 Å². The summed E-state index contributed by atoms with van der Waals surface area (Å²) in [5.74, 6) is -1.62. The smallest absolute Gasteiger partial charge is 0.297 e. The van der Waals surface area contributed by atoms with Crippen LogP contribution in [-0.2, 0) is 4.79 Å². The SMILES string of the molecule is CC1(C)C(O)=C(O)C(=O)N1c1ccc(-n2[nH]nnc2=S)cc1. The minimum absolute atomic E-state index is 0.280. The lowest BCUT2D eigenvalue weighted by Gasteiger charge is -2.31. The number of aromatic amines is 1. The highest BCUT2D eigenvalue weighted by Crippen LogP contribution is 2.36. The van der Waals surface area contributed by atoms with E-state index >= 15 is 0 Å². The molecule has 0 aliphatic carbocycles. The van der Waals surface area contributed by atoms with Crippen LogP contribution in [0.4, 0.5) is 5.69 Å². The highest BCUT2D eigenvalue weighted by Gasteiger charge is 2.47. The Morgan fingerprint density at radius 3 is 2.23 bits per heavy atom. The van der Waals surface area contributed by atoms with Crippen molar-refractivity contribution in [3.63, 3.8) is 0 Å². The molecule has 9 heteroatoms. The number of nitrogens with zero attached hydrogens (tertiary/aromatic N) is 4. The molecule has 0 spiro atoms. The van der Waals surface area contributed by atoms with E-state index in [-0.39, 0.29) is 10.5 Å². The zero-order chi connectivity index (χ0) is 16.1. The summed E-state index contributed by atoms with van der Waals surface area (Å²) in [4.78, 5) is 13.4. The molecule has 1 aromatic heterocycles. The number of carbonyl (C=O) groups excluding carboxylic acids is 1. The fourth-order valence-electron chi connectivity index (χ4n) is 2.41. The first-order chi connectivity index (χ1) is 10.3. The molecule has 22 heavy (non-hydrogen) atoms. The normalized spacial score (nSPS) is 17.4. The van der Waals surface area contributed by atoms with Gasteiger partial charge in [-0.1, -0.05) is 10.3 Å². The molecule has 0 bridgehead atoms. The van der Waals surface area contributed by atoms with Crippen molar-refractivity contribution in [1.29, 1.82) is 0 Å². The molecule has 3 rings (SSSR count). The molecule has 0 fully saturated rings. The van der Waals surface area contributed by atoms with Crippen molar-refractivity contribution in [2.75, 3.05) is 4.90 Å². The third kappa shape index (κ3) is 1.90. The van der Waals surface area contributed by atoms with Crippen LogP contribution in [0.15, 0.2) is 35.8 Å². The lowest BCUT2D eigenvalue weighted by molar-refractivity contribution is -0.117. The van der Waals surface area contributed by atoms with Crippen LogP contribution in [0, 0.1) is 4.77 Å². The van der Waals surface area contributed by atoms with Gasteiger partial charge in [0, 0.05) is 5.69 Å². The van der Waals surface area contributed by atoms with Gasteiger partial charge in [0.15, 0.2) is 5.76 Å². The van der Waals surface area contributed by atoms with Crippen LogP contribution in [0.5, 0.6) is 0 Å². The number of H-pyrrole nitrogens is 1. The van der Waals surface area contributed by atoms with Crippen molar-refractivity contribution in [3.05, 3.63) is 40.6 Å². The van der Waals surface area contributed by atoms with Crippen molar-refractivity contribution in [3.8, 4) is 5.69 Å². The second kappa shape index (κ2) is 4.67. The number of tetrazole rings is 1. The first kappa shape index (κ1) is 14.3. The van der Waals surface area contributed by atoms with E-state index in [4.69, 9.17) is 12.2 Å². The molecule has 1 amide bonds. The fourth-order valence-corrected chi connectivity index (χ4v) is 2.60. The Morgan fingerprint density at radius 1 is 1.18 bits per heavy atom. The number of anilines is 1. The number of amides is 1. The van der Waals surface area contributed by atoms with Gasteiger partial charge < -0.3 is 10.2 Å². The van der Waals surface area contributed by atoms with Crippen LogP contribution in [-0.4, -0.2) is 41.9 Å². The number of hydrogen-bond acceptors (Lipinski definition) is 6. The third-order valence-corrected chi connectivity index (χ3v) is 3.87. The summed E-state index contributed by atoms with van der Waals surface area (Å²) in [5.41, 5.74) is 0.215. The second-order valence-electron chi connectivity index (χ2n) is 5.33. The lowest BCUT2D eigenvalue weighted by atomic mass is 10.0. The van der Waals surface area contributed by atoms with Crippen molar-refractivity contribution < 1.29 is 15.0 Å². The molecule has 1 aromatic carbocycles. The van der Waals surface area contributed by atoms with E-state index < -0.39 is 17.2 Å². The summed E-state index contributed by atoms with van der Waals surface area (Å²) < 4.78 is 1.78. The van der Waals surface area contributed by atoms with Crippen LogP contribution in [0.1, 0.15) is 13.8 Å². The molecule has 114 valence electrons. The molecule has 8 nitrogen and oxygen atoms in total. The van der Waals surface area contributed by atoms with Crippen molar-refractivity contribution in [2.45, 2.75) is 19.4 Å². The minimum Gasteiger partial charge on any atom is -0.506 e. The Kier molecular flexibility index (Phi) is 3.03. The molecular weight excluding hydrogens is 306 g/mol. The van der Waals surface area contributed by atoms with Gasteiger partial charge in [-0.2, -0.15) is 5.21 Å². The molecule has 0 saturated carbocycles. The van der Waals surface area contributed by atoms with Crippen LogP contribution in [0.3, 0.4) is 0 Å². The van der Waals surface area contributed by atoms with E-state index in [0.717, 1.165) is 0 Å². The van der Waals surface area contributed by atoms with Gasteiger partial charge in [-0.05, 0) is 50.3 Å². The number of rotatable bonds is 2. The number of aliphatic hydroxyl groups excluding tert-OH is 2. The number of aromatic nitrogens is 4. The van der Waals surface area contributed by atoms with Gasteiger partial charge in [-0.3, -0.25) is 9.69 Å². The second-order valence-corrected chi connectivity index (χ2v) is 5.70. The Balaban J connectivity index is 2.00. The molecule has 0 radical (unpaired) electrons. The maximum Gasteiger partial charge on any atom is 0.297 e. The molecule has 2 aromatic rings. The first-order valence-corrected chi connectivity index (χ1v) is 6.82. The summed E-state index contributed by atoms with van der Waals surface area (Å²) in [6.45, 7) is 3.29. The van der Waals surface area contributed by atoms with Gasteiger partial charge in [0.1, 0.15) is 5.54 Å². The van der Waals surface area contributed by atoms with Crippen LogP contribution < -0.4 is 4.90 Å². The summed E-state index contributed by atoms with van der Waals surface area (Å²) in [6, 6.07) is 6.81. The number of carbonyl (C=O) groups is 1. The van der Waals surface area contributed by atoms with Crippen LogP contribution >= 0.6 is 12.2 Å². The van der Waals surface area contributed by atoms with E-state index in [2.05, 4.69) is 15.5 Å². The number of aliphatic hydroxyl groups is 2. The Morgan fingerprint density at radius 2 is 1.77 bits per heavy atom. The highest BCUT2D eigenvalue weighted by molar-refractivity contribution is 7.71. The van der Waals surface area contributed by atoms with Gasteiger partial charge >= 0.3 is 0 Å². The molecule has 0 saturated heterocycles. The van der Waals surface area contributed by atoms with Gasteiger partial charge in [-0.15, -0.1) is 0 Å². The van der Waals surface area contributed by atoms with E-state index in [1.54, 1.807) is 38.1 Å². The van der Waals surface area contributed by atoms with Gasteiger partial charge in [0.05, 0.1) is 5.69 Å². The summed E-state index contributed by atoms with van der Waals surface area (Å²) in [5, 5.41) is 29.5. The zero-order valence-corrected chi connectivity index (χ0v) is 12.6. The highest BCUT2D eigenvalue weighted by atomic mass is 32.1. The van der Waals surface area contributed by atoms with Gasteiger partial charge in [0.2, 0.25) is 10.5 Å². The maximum absolute atomic E-state index is 12.1. The maximum atomic E-state index is 12.1. The standard InChI is InChI=1S/C13H13N5O3S/c1-13(2)10(20)9(19)11(21)17(13)7-3-5-8(6-4-7)18-12(22)14-15-16-18/h3-6,19-20H,1-2H3,(H,14,16,22). The fraction of sp³-hybridized carbons (Fsp3) is 0.231. The summed E-state index contributed by atoms with van der Waals surface area (Å²) >= 11 is 5.01. The van der Waals surface area contributed by atoms with Crippen LogP contribution in [0.25, 0.3) is 5.69 Å². The lowest BCUT2D eigenvalue weighted by Crippen LogP contribution is -2.43. The topological polar surface area (TPSA) is 107 Å². The Hall–Kier alpha value is -2.68. The Labute approximate surface area is 130 Å². The molecule has 3 N–H and O–H groups in total. The average molecular weight is 319 g/mol. The van der Waals surface area contributed by atoms with Crippen molar-refractivity contribution >= 4 is 23.8 Å². The minimum atomic E-state index is -1.02. The van der Waals surface area contributed by atoms with E-state index in [0.29, 0.717) is 11.4 Å². The summed E-state index contributed by atoms with van der Waals surface area (Å²) in [7, 11) is 0. The van der Waals surface area contributed by atoms with Gasteiger partial charge in [-0.25, -0.2) is 4.68 Å². The third-order valence-electron chi connectivity index (χ3n) is 3.61. The number of hydrogen-bond donors (Lipinski definition) is 3. The number of nitrogens with one attached hydrogen (secondary N) is 1. The average Bonchev–Trinajstić information content (AvgIpc) is 2.97. The molecule has 0 unspecified atom stereocenters. The summed E-state index contributed by atoms with van der Waals surface area (Å²) in [6.07, 6.45) is 0. The first-order valence-electron chi connectivity index (χ1n) is 6.42. The largest absolute Gasteiger partial charge is 0.506 e. The van der Waals surface area contributed by atoms with Crippen LogP contribution in [0.2, 0.25) is 0 Å². The number of benzene rings is 1. The molecule has 1 aliphatic heterocycles. The predicted molar refractivity (Wildman–Crippen MR) is 80.4 cm³/mol. The van der Waals surface area contributed by atoms with Crippen molar-refractivity contribution in [2.24, 2.45) is 0 Å². The molecule has 0 atom stereocenters. The predicted octanol–water partition coefficient (Wildman–Crippen LogP) is 1.78. The van der Waals surface area contributed by atoms with Crippen molar-refractivity contribution in [1.82, 2.24) is 20.2 Å². The molecule has 2 heterocycles.